The molecule has 2 nitrogen and oxygen atoms in total. The van der Waals surface area contributed by atoms with E-state index in [2.05, 4.69) is 25.7 Å². The molecule has 0 N–H and O–H groups in total. The van der Waals surface area contributed by atoms with Crippen molar-refractivity contribution in [3.05, 3.63) is 0 Å². The third-order valence-electron chi connectivity index (χ3n) is 3.82. The molecule has 2 aliphatic rings. The minimum Gasteiger partial charge on any atom is -0.300 e. The van der Waals surface area contributed by atoms with Gasteiger partial charge in [-0.2, -0.15) is 0 Å². The summed E-state index contributed by atoms with van der Waals surface area (Å²) in [5.41, 5.74) is 0.418. The molecule has 2 rings (SSSR count). The van der Waals surface area contributed by atoms with Crippen LogP contribution in [-0.2, 0) is 4.79 Å². The molecule has 2 unspecified atom stereocenters. The number of fused-ring (bicyclic) bond motifs is 2. The quantitative estimate of drug-likeness (QED) is 0.697. The minimum absolute atomic E-state index is 0.418. The molecule has 2 aliphatic heterocycles. The average Bonchev–Trinajstić information content (AvgIpc) is 2.33. The van der Waals surface area contributed by atoms with Crippen LogP contribution in [0, 0.1) is 5.41 Å². The van der Waals surface area contributed by atoms with Gasteiger partial charge in [0.2, 0.25) is 0 Å². The zero-order valence-electron chi connectivity index (χ0n) is 10.3. The highest BCUT2D eigenvalue weighted by molar-refractivity contribution is 5.80. The Morgan fingerprint density at radius 3 is 2.20 bits per heavy atom. The van der Waals surface area contributed by atoms with Gasteiger partial charge in [0.05, 0.1) is 0 Å². The van der Waals surface area contributed by atoms with E-state index in [0.29, 0.717) is 23.3 Å². The lowest BCUT2D eigenvalue weighted by atomic mass is 9.91. The van der Waals surface area contributed by atoms with Crippen molar-refractivity contribution < 1.29 is 4.79 Å². The number of nitrogens with zero attached hydrogens (tertiary/aromatic N) is 1. The highest BCUT2D eigenvalue weighted by atomic mass is 16.1. The number of rotatable bonds is 2. The zero-order valence-corrected chi connectivity index (χ0v) is 10.3. The Morgan fingerprint density at radius 1 is 1.20 bits per heavy atom. The van der Waals surface area contributed by atoms with Crippen molar-refractivity contribution in [3.63, 3.8) is 0 Å². The van der Waals surface area contributed by atoms with Gasteiger partial charge in [0.25, 0.3) is 0 Å². The van der Waals surface area contributed by atoms with Crippen LogP contribution in [0.3, 0.4) is 0 Å². The first kappa shape index (κ1) is 11.1. The fourth-order valence-corrected chi connectivity index (χ4v) is 2.89. The van der Waals surface area contributed by atoms with Gasteiger partial charge in [0.15, 0.2) is 0 Å². The van der Waals surface area contributed by atoms with Crippen LogP contribution in [0.15, 0.2) is 0 Å². The Balaban J connectivity index is 1.91. The summed E-state index contributed by atoms with van der Waals surface area (Å²) >= 11 is 0. The smallest absolute Gasteiger partial charge is 0.136 e. The molecular formula is C13H23NO. The molecule has 0 aromatic carbocycles. The number of hydrogen-bond acceptors (Lipinski definition) is 2. The Hall–Kier alpha value is -0.370. The fraction of sp³-hybridized carbons (Fsp3) is 0.923. The zero-order chi connectivity index (χ0) is 11.1. The first-order valence-corrected chi connectivity index (χ1v) is 6.23. The predicted octanol–water partition coefficient (Wildman–Crippen LogP) is 2.62. The molecule has 0 amide bonds. The Labute approximate surface area is 93.0 Å². The number of Topliss-reactive ketones (excluding diaryl/α,β-unsaturated/α-hetero) is 1. The van der Waals surface area contributed by atoms with Crippen LogP contribution in [0.1, 0.15) is 52.9 Å². The van der Waals surface area contributed by atoms with Crippen LogP contribution in [0.5, 0.6) is 0 Å². The Bertz CT molecular complexity index is 238. The molecule has 0 aromatic rings. The summed E-state index contributed by atoms with van der Waals surface area (Å²) in [5, 5.41) is 0. The van der Waals surface area contributed by atoms with E-state index < -0.39 is 0 Å². The fourth-order valence-electron chi connectivity index (χ4n) is 2.89. The van der Waals surface area contributed by atoms with Crippen molar-refractivity contribution >= 4 is 5.78 Å². The molecule has 0 aliphatic carbocycles. The highest BCUT2D eigenvalue weighted by Gasteiger charge is 2.39. The lowest BCUT2D eigenvalue weighted by molar-refractivity contribution is -0.123. The molecule has 0 radical (unpaired) electrons. The third kappa shape index (κ3) is 2.60. The van der Waals surface area contributed by atoms with E-state index in [0.717, 1.165) is 12.8 Å². The lowest BCUT2D eigenvalue weighted by Crippen LogP contribution is -2.44. The molecule has 15 heavy (non-hydrogen) atoms. The maximum atomic E-state index is 11.4. The van der Waals surface area contributed by atoms with Crippen LogP contribution in [-0.4, -0.2) is 29.3 Å². The molecule has 86 valence electrons. The maximum Gasteiger partial charge on any atom is 0.136 e. The van der Waals surface area contributed by atoms with Crippen molar-refractivity contribution in [1.82, 2.24) is 4.90 Å². The van der Waals surface area contributed by atoms with E-state index in [1.165, 1.54) is 25.8 Å². The van der Waals surface area contributed by atoms with Gasteiger partial charge < -0.3 is 0 Å². The van der Waals surface area contributed by atoms with Crippen molar-refractivity contribution in [1.29, 1.82) is 0 Å². The molecule has 2 heterocycles. The molecule has 2 saturated heterocycles. The molecular weight excluding hydrogens is 186 g/mol. The number of hydrogen-bond donors (Lipinski definition) is 0. The largest absolute Gasteiger partial charge is 0.300 e. The molecule has 0 spiro atoms. The van der Waals surface area contributed by atoms with E-state index >= 15 is 0 Å². The van der Waals surface area contributed by atoms with Gasteiger partial charge >= 0.3 is 0 Å². The highest BCUT2D eigenvalue weighted by Crippen LogP contribution is 2.35. The van der Waals surface area contributed by atoms with E-state index in [1.54, 1.807) is 0 Å². The SMILES string of the molecule is CC(C)(C)CCN1C2CCC1CC(=O)C2. The molecule has 2 atom stereocenters. The van der Waals surface area contributed by atoms with Crippen molar-refractivity contribution in [2.45, 2.75) is 65.0 Å². The normalized spacial score (nSPS) is 32.3. The van der Waals surface area contributed by atoms with Gasteiger partial charge in [-0.1, -0.05) is 20.8 Å². The van der Waals surface area contributed by atoms with Gasteiger partial charge in [-0.15, -0.1) is 0 Å². The first-order valence-electron chi connectivity index (χ1n) is 6.23. The summed E-state index contributed by atoms with van der Waals surface area (Å²) < 4.78 is 0. The molecule has 2 fully saturated rings. The maximum absolute atomic E-state index is 11.4. The predicted molar refractivity (Wildman–Crippen MR) is 61.8 cm³/mol. The van der Waals surface area contributed by atoms with Crippen LogP contribution >= 0.6 is 0 Å². The second-order valence-electron chi connectivity index (χ2n) is 6.38. The van der Waals surface area contributed by atoms with E-state index in [9.17, 15) is 4.79 Å². The van der Waals surface area contributed by atoms with Crippen LogP contribution in [0.25, 0.3) is 0 Å². The molecule has 0 saturated carbocycles. The van der Waals surface area contributed by atoms with E-state index in [4.69, 9.17) is 0 Å². The topological polar surface area (TPSA) is 20.3 Å². The summed E-state index contributed by atoms with van der Waals surface area (Å²) in [7, 11) is 0. The monoisotopic (exact) mass is 209 g/mol. The standard InChI is InChI=1S/C13H23NO/c1-13(2,3)6-7-14-10-4-5-11(14)9-12(15)8-10/h10-11H,4-9H2,1-3H3. The van der Waals surface area contributed by atoms with Gasteiger partial charge in [0.1, 0.15) is 5.78 Å². The van der Waals surface area contributed by atoms with Crippen LogP contribution < -0.4 is 0 Å². The first-order chi connectivity index (χ1) is 6.96. The summed E-state index contributed by atoms with van der Waals surface area (Å²) in [6.45, 7) is 8.07. The summed E-state index contributed by atoms with van der Waals surface area (Å²) in [6, 6.07) is 1.16. The second-order valence-corrected chi connectivity index (χ2v) is 6.38. The van der Waals surface area contributed by atoms with Crippen molar-refractivity contribution in [2.75, 3.05) is 6.54 Å². The minimum atomic E-state index is 0.418. The Morgan fingerprint density at radius 2 is 1.73 bits per heavy atom. The van der Waals surface area contributed by atoms with Crippen LogP contribution in [0.4, 0.5) is 0 Å². The number of ketones is 1. The third-order valence-corrected chi connectivity index (χ3v) is 3.82. The number of piperidine rings is 1. The van der Waals surface area contributed by atoms with E-state index in [-0.39, 0.29) is 0 Å². The summed E-state index contributed by atoms with van der Waals surface area (Å²) in [6.07, 6.45) is 5.39. The number of carbonyl (C=O) groups excluding carboxylic acids is 1. The average molecular weight is 209 g/mol. The Kier molecular flexibility index (Phi) is 2.89. The molecule has 2 heteroatoms. The second kappa shape index (κ2) is 3.89. The summed E-state index contributed by atoms with van der Waals surface area (Å²) in [4.78, 5) is 14.0. The van der Waals surface area contributed by atoms with Gasteiger partial charge in [-0.05, 0) is 31.2 Å². The lowest BCUT2D eigenvalue weighted by Gasteiger charge is -2.35. The van der Waals surface area contributed by atoms with Gasteiger partial charge in [0, 0.05) is 24.9 Å². The van der Waals surface area contributed by atoms with Crippen molar-refractivity contribution in [2.24, 2.45) is 5.41 Å². The van der Waals surface area contributed by atoms with E-state index in [1.807, 2.05) is 0 Å². The van der Waals surface area contributed by atoms with Gasteiger partial charge in [-0.25, -0.2) is 0 Å². The van der Waals surface area contributed by atoms with Crippen LogP contribution in [0.2, 0.25) is 0 Å². The van der Waals surface area contributed by atoms with Crippen molar-refractivity contribution in [3.8, 4) is 0 Å². The molecule has 0 aromatic heterocycles. The van der Waals surface area contributed by atoms with Gasteiger partial charge in [-0.3, -0.25) is 9.69 Å². The summed E-state index contributed by atoms with van der Waals surface area (Å²) in [5.74, 6) is 0.495. The molecule has 2 bridgehead atoms. The number of carbonyl (C=O) groups is 1.